The van der Waals surface area contributed by atoms with Crippen molar-refractivity contribution in [3.8, 4) is 0 Å². The molecular weight excluding hydrogens is 383 g/mol. The summed E-state index contributed by atoms with van der Waals surface area (Å²) in [4.78, 5) is 28.1. The van der Waals surface area contributed by atoms with Crippen LogP contribution in [-0.4, -0.2) is 28.4 Å². The van der Waals surface area contributed by atoms with Crippen molar-refractivity contribution in [1.29, 1.82) is 0 Å². The molecule has 0 saturated carbocycles. The molecule has 1 aromatic carbocycles. The van der Waals surface area contributed by atoms with Crippen LogP contribution in [0.1, 0.15) is 53.4 Å². The van der Waals surface area contributed by atoms with Crippen LogP contribution in [0.5, 0.6) is 0 Å². The molecule has 1 amide bonds. The molecule has 1 aliphatic heterocycles. The van der Waals surface area contributed by atoms with Gasteiger partial charge in [-0.1, -0.05) is 30.7 Å². The van der Waals surface area contributed by atoms with Crippen LogP contribution in [0.25, 0.3) is 0 Å². The minimum atomic E-state index is -4.66. The number of carbonyl (C=O) groups excluding carboxylic acids is 1. The normalized spacial score (nSPS) is 17.9. The lowest BCUT2D eigenvalue weighted by molar-refractivity contribution is -0.141. The van der Waals surface area contributed by atoms with E-state index >= 15 is 0 Å². The Bertz CT molecular complexity index is 907. The zero-order valence-electron chi connectivity index (χ0n) is 16.2. The van der Waals surface area contributed by atoms with E-state index < -0.39 is 23.3 Å². The Labute approximate surface area is 166 Å². The number of nitrogens with one attached hydrogen (secondary N) is 2. The zero-order valence-corrected chi connectivity index (χ0v) is 16.2. The second-order valence-electron chi connectivity index (χ2n) is 7.43. The molecule has 156 valence electrons. The number of pyridine rings is 1. The van der Waals surface area contributed by atoms with Gasteiger partial charge >= 0.3 is 6.18 Å². The van der Waals surface area contributed by atoms with Gasteiger partial charge in [0, 0.05) is 19.1 Å². The summed E-state index contributed by atoms with van der Waals surface area (Å²) < 4.78 is 37.8. The minimum absolute atomic E-state index is 0.180. The first-order chi connectivity index (χ1) is 13.7. The number of rotatable bonds is 5. The molecule has 1 aromatic heterocycles. The molecule has 8 heteroatoms. The largest absolute Gasteiger partial charge is 0.431 e. The third-order valence-electron chi connectivity index (χ3n) is 5.26. The summed E-state index contributed by atoms with van der Waals surface area (Å²) in [5.41, 5.74) is -0.570. The molecule has 0 spiro atoms. The van der Waals surface area contributed by atoms with Gasteiger partial charge in [0.25, 0.3) is 11.5 Å². The molecule has 5 nitrogen and oxygen atoms in total. The standard InChI is InChI=1S/C21H24F3N3O2/c1-14-4-2-3-11-27(14)13-16-7-5-15(6-8-16)12-25-19(28)17-9-10-18(21(22,23)24)26-20(17)29/h5-10,14H,2-4,11-13H2,1H3,(H,25,28)(H,26,29)/t14-/m0/s1. The van der Waals surface area contributed by atoms with Crippen molar-refractivity contribution in [2.75, 3.05) is 6.54 Å². The van der Waals surface area contributed by atoms with Crippen LogP contribution in [0, 0.1) is 0 Å². The van der Waals surface area contributed by atoms with Crippen molar-refractivity contribution in [1.82, 2.24) is 15.2 Å². The molecule has 0 radical (unpaired) electrons. The number of alkyl halides is 3. The highest BCUT2D eigenvalue weighted by Crippen LogP contribution is 2.26. The number of carbonyl (C=O) groups is 1. The highest BCUT2D eigenvalue weighted by molar-refractivity contribution is 5.93. The quantitative estimate of drug-likeness (QED) is 0.795. The first-order valence-corrected chi connectivity index (χ1v) is 9.64. The lowest BCUT2D eigenvalue weighted by Crippen LogP contribution is -2.36. The van der Waals surface area contributed by atoms with E-state index in [0.29, 0.717) is 12.1 Å². The Kier molecular flexibility index (Phi) is 6.42. The number of H-pyrrole nitrogens is 1. The Hall–Kier alpha value is -2.61. The molecule has 29 heavy (non-hydrogen) atoms. The third-order valence-corrected chi connectivity index (χ3v) is 5.26. The average Bonchev–Trinajstić information content (AvgIpc) is 2.68. The number of piperidine rings is 1. The van der Waals surface area contributed by atoms with Crippen LogP contribution in [0.4, 0.5) is 13.2 Å². The van der Waals surface area contributed by atoms with Crippen molar-refractivity contribution in [3.63, 3.8) is 0 Å². The summed E-state index contributed by atoms with van der Waals surface area (Å²) in [5, 5.41) is 2.57. The molecular formula is C21H24F3N3O2. The molecule has 1 saturated heterocycles. The number of halogens is 3. The predicted molar refractivity (Wildman–Crippen MR) is 103 cm³/mol. The molecule has 3 rings (SSSR count). The lowest BCUT2D eigenvalue weighted by Gasteiger charge is -2.33. The van der Waals surface area contributed by atoms with Crippen molar-refractivity contribution in [3.05, 3.63) is 69.1 Å². The highest BCUT2D eigenvalue weighted by Gasteiger charge is 2.32. The number of nitrogens with zero attached hydrogens (tertiary/aromatic N) is 1. The summed E-state index contributed by atoms with van der Waals surface area (Å²) in [7, 11) is 0. The zero-order chi connectivity index (χ0) is 21.0. The predicted octanol–water partition coefficient (Wildman–Crippen LogP) is 3.70. The van der Waals surface area contributed by atoms with E-state index in [1.54, 1.807) is 4.98 Å². The van der Waals surface area contributed by atoms with E-state index in [1.807, 2.05) is 24.3 Å². The fourth-order valence-electron chi connectivity index (χ4n) is 3.48. The molecule has 1 aliphatic rings. The number of benzene rings is 1. The Morgan fingerprint density at radius 2 is 1.83 bits per heavy atom. The highest BCUT2D eigenvalue weighted by atomic mass is 19.4. The van der Waals surface area contributed by atoms with E-state index in [0.717, 1.165) is 24.7 Å². The van der Waals surface area contributed by atoms with Gasteiger partial charge in [0.15, 0.2) is 0 Å². The Morgan fingerprint density at radius 1 is 1.14 bits per heavy atom. The number of amides is 1. The second-order valence-corrected chi connectivity index (χ2v) is 7.43. The maximum Gasteiger partial charge on any atom is 0.431 e. The van der Waals surface area contributed by atoms with Crippen LogP contribution in [0.2, 0.25) is 0 Å². The van der Waals surface area contributed by atoms with E-state index in [-0.39, 0.29) is 12.1 Å². The van der Waals surface area contributed by atoms with Crippen LogP contribution < -0.4 is 10.9 Å². The summed E-state index contributed by atoms with van der Waals surface area (Å²) in [6, 6.07) is 9.97. The Morgan fingerprint density at radius 3 is 2.45 bits per heavy atom. The summed E-state index contributed by atoms with van der Waals surface area (Å²) in [5.74, 6) is -0.716. The van der Waals surface area contributed by atoms with Crippen molar-refractivity contribution in [2.24, 2.45) is 0 Å². The van der Waals surface area contributed by atoms with Crippen LogP contribution >= 0.6 is 0 Å². The van der Waals surface area contributed by atoms with Gasteiger partial charge in [-0.3, -0.25) is 14.5 Å². The Balaban J connectivity index is 1.57. The van der Waals surface area contributed by atoms with Gasteiger partial charge in [-0.2, -0.15) is 13.2 Å². The maximum absolute atomic E-state index is 12.6. The molecule has 0 unspecified atom stereocenters. The SMILES string of the molecule is C[C@H]1CCCCN1Cc1ccc(CNC(=O)c2ccc(C(F)(F)F)[nH]c2=O)cc1. The van der Waals surface area contributed by atoms with E-state index in [9.17, 15) is 22.8 Å². The van der Waals surface area contributed by atoms with E-state index in [4.69, 9.17) is 0 Å². The topological polar surface area (TPSA) is 65.2 Å². The van der Waals surface area contributed by atoms with Gasteiger partial charge in [0.2, 0.25) is 0 Å². The molecule has 2 N–H and O–H groups in total. The van der Waals surface area contributed by atoms with E-state index in [2.05, 4.69) is 17.1 Å². The molecule has 1 fully saturated rings. The van der Waals surface area contributed by atoms with Crippen LogP contribution in [0.3, 0.4) is 0 Å². The molecule has 0 bridgehead atoms. The molecule has 0 aliphatic carbocycles. The van der Waals surface area contributed by atoms with Gasteiger partial charge < -0.3 is 10.3 Å². The van der Waals surface area contributed by atoms with Gasteiger partial charge in [-0.15, -0.1) is 0 Å². The number of likely N-dealkylation sites (tertiary alicyclic amines) is 1. The van der Waals surface area contributed by atoms with Crippen LogP contribution in [0.15, 0.2) is 41.2 Å². The summed E-state index contributed by atoms with van der Waals surface area (Å²) in [6.07, 6.45) is -0.954. The lowest BCUT2D eigenvalue weighted by atomic mass is 10.0. The van der Waals surface area contributed by atoms with Gasteiger partial charge in [0.1, 0.15) is 11.3 Å². The van der Waals surface area contributed by atoms with Gasteiger partial charge in [-0.25, -0.2) is 0 Å². The summed E-state index contributed by atoms with van der Waals surface area (Å²) >= 11 is 0. The number of aromatic nitrogens is 1. The fraction of sp³-hybridized carbons (Fsp3) is 0.429. The minimum Gasteiger partial charge on any atom is -0.348 e. The van der Waals surface area contributed by atoms with Gasteiger partial charge in [0.05, 0.1) is 0 Å². The first kappa shape index (κ1) is 21.1. The van der Waals surface area contributed by atoms with Gasteiger partial charge in [-0.05, 0) is 49.6 Å². The number of aromatic amines is 1. The monoisotopic (exact) mass is 407 g/mol. The van der Waals surface area contributed by atoms with Crippen molar-refractivity contribution >= 4 is 5.91 Å². The second kappa shape index (κ2) is 8.82. The number of hydrogen-bond acceptors (Lipinski definition) is 3. The smallest absolute Gasteiger partial charge is 0.348 e. The molecule has 2 aromatic rings. The van der Waals surface area contributed by atoms with Crippen molar-refractivity contribution in [2.45, 2.75) is 51.5 Å². The van der Waals surface area contributed by atoms with Crippen molar-refractivity contribution < 1.29 is 18.0 Å². The molecule has 2 heterocycles. The molecule has 1 atom stereocenters. The fourth-order valence-corrected chi connectivity index (χ4v) is 3.48. The maximum atomic E-state index is 12.6. The number of hydrogen-bond donors (Lipinski definition) is 2. The van der Waals surface area contributed by atoms with Crippen LogP contribution in [-0.2, 0) is 19.3 Å². The van der Waals surface area contributed by atoms with E-state index in [1.165, 1.54) is 24.8 Å². The third kappa shape index (κ3) is 5.47. The first-order valence-electron chi connectivity index (χ1n) is 9.64. The summed E-state index contributed by atoms with van der Waals surface area (Å²) in [6.45, 7) is 4.40. The average molecular weight is 407 g/mol.